The Morgan fingerprint density at radius 2 is 1.57 bits per heavy atom. The zero-order valence-electron chi connectivity index (χ0n) is 34.8. The second-order valence-corrected chi connectivity index (χ2v) is 23.2. The number of pyridine rings is 1. The number of carbonyl (C=O) groups is 1. The van der Waals surface area contributed by atoms with E-state index in [0.29, 0.717) is 22.4 Å². The van der Waals surface area contributed by atoms with Crippen molar-refractivity contribution in [3.63, 3.8) is 0 Å². The summed E-state index contributed by atoms with van der Waals surface area (Å²) in [5, 5.41) is 20.4. The molecule has 0 spiro atoms. The highest BCUT2D eigenvalue weighted by Gasteiger charge is 2.47. The first-order chi connectivity index (χ1) is 26.6. The first-order valence-corrected chi connectivity index (χ1v) is 22.6. The molecule has 0 radical (unpaired) electrons. The number of aryl methyl sites for hydroxylation is 1. The summed E-state index contributed by atoms with van der Waals surface area (Å²) in [7, 11) is -2.00. The summed E-state index contributed by atoms with van der Waals surface area (Å²) < 4.78 is 17.8. The Bertz CT molecular complexity index is 2130. The minimum Gasteiger partial charge on any atom is -0.484 e. The highest BCUT2D eigenvalue weighted by atomic mass is 28.4. The van der Waals surface area contributed by atoms with Crippen LogP contribution in [0, 0.1) is 6.92 Å². The normalized spacial score (nSPS) is 18.9. The van der Waals surface area contributed by atoms with E-state index in [2.05, 4.69) is 119 Å². The van der Waals surface area contributed by atoms with Gasteiger partial charge in [0.1, 0.15) is 17.7 Å². The van der Waals surface area contributed by atoms with Crippen LogP contribution in [0.1, 0.15) is 116 Å². The van der Waals surface area contributed by atoms with E-state index in [1.807, 2.05) is 57.7 Å². The van der Waals surface area contributed by atoms with E-state index in [9.17, 15) is 4.79 Å². The Hall–Kier alpha value is -4.68. The second kappa shape index (κ2) is 15.7. The zero-order chi connectivity index (χ0) is 39.9. The number of ether oxygens (including phenoxy) is 1. The number of amides is 2. The van der Waals surface area contributed by atoms with Crippen LogP contribution in [0.3, 0.4) is 0 Å². The van der Waals surface area contributed by atoms with Crippen molar-refractivity contribution in [1.29, 1.82) is 0 Å². The van der Waals surface area contributed by atoms with Crippen LogP contribution in [-0.4, -0.2) is 57.9 Å². The van der Waals surface area contributed by atoms with Crippen LogP contribution >= 0.6 is 0 Å². The molecule has 2 aliphatic rings. The number of fused-ring (bicyclic) bond motifs is 2. The van der Waals surface area contributed by atoms with Gasteiger partial charge in [-0.2, -0.15) is 5.10 Å². The number of aromatic nitrogens is 5. The number of nitrogens with zero attached hydrogens (tertiary/aromatic N) is 6. The summed E-state index contributed by atoms with van der Waals surface area (Å²) in [5.41, 5.74) is 7.30. The Balaban J connectivity index is 1.05. The van der Waals surface area contributed by atoms with Crippen LogP contribution in [0.5, 0.6) is 5.75 Å². The van der Waals surface area contributed by atoms with Crippen molar-refractivity contribution in [3.05, 3.63) is 95.3 Å². The van der Waals surface area contributed by atoms with E-state index in [1.165, 1.54) is 0 Å². The van der Waals surface area contributed by atoms with Gasteiger partial charge in [0, 0.05) is 24.6 Å². The van der Waals surface area contributed by atoms with Gasteiger partial charge in [0.15, 0.2) is 5.65 Å². The Kier molecular flexibility index (Phi) is 11.1. The predicted octanol–water partition coefficient (Wildman–Crippen LogP) is 10.1. The number of rotatable bonds is 11. The molecule has 1 saturated heterocycles. The number of hydrogen-bond acceptors (Lipinski definition) is 7. The Morgan fingerprint density at radius 3 is 2.25 bits per heavy atom. The largest absolute Gasteiger partial charge is 0.484 e. The van der Waals surface area contributed by atoms with Crippen molar-refractivity contribution < 1.29 is 14.0 Å². The summed E-state index contributed by atoms with van der Waals surface area (Å²) in [6.45, 7) is 24.2. The van der Waals surface area contributed by atoms with Gasteiger partial charge in [0.2, 0.25) is 14.3 Å². The molecule has 1 fully saturated rings. The van der Waals surface area contributed by atoms with Crippen LogP contribution in [-0.2, 0) is 9.84 Å². The van der Waals surface area contributed by atoms with Gasteiger partial charge in [-0.05, 0) is 78.2 Å². The number of anilines is 2. The molecule has 1 unspecified atom stereocenters. The average molecular weight is 777 g/mol. The molecular weight excluding hydrogens is 717 g/mol. The molecule has 7 rings (SSSR count). The van der Waals surface area contributed by atoms with Crippen molar-refractivity contribution in [2.75, 3.05) is 23.3 Å². The summed E-state index contributed by atoms with van der Waals surface area (Å²) in [5.74, 6) is 2.19. The number of hydrogen-bond donors (Lipinski definition) is 2. The molecule has 56 heavy (non-hydrogen) atoms. The summed E-state index contributed by atoms with van der Waals surface area (Å²) in [6, 6.07) is 21.9. The first-order valence-electron chi connectivity index (χ1n) is 20.4. The first kappa shape index (κ1) is 39.5. The fourth-order valence-electron chi connectivity index (χ4n) is 9.06. The van der Waals surface area contributed by atoms with Crippen LogP contribution in [0.4, 0.5) is 16.6 Å². The topological polar surface area (TPSA) is 111 Å². The highest BCUT2D eigenvalue weighted by molar-refractivity contribution is 6.77. The van der Waals surface area contributed by atoms with Gasteiger partial charge in [-0.25, -0.2) is 9.48 Å². The molecule has 2 N–H and O–H groups in total. The Labute approximate surface area is 333 Å². The van der Waals surface area contributed by atoms with Crippen LogP contribution < -0.4 is 20.3 Å². The maximum Gasteiger partial charge on any atom is 0.320 e. The standard InChI is InChI=1S/C44H60N8O3Si/c1-28(2)56(29(3)4,30(5)6)55-34-23-24-50(26-34)43-48-47-40-22-19-33(27-51(40)43)54-38-21-20-37(35-13-11-12-14-36(35)38)45-42(53)46-41-25-39(44(8,9)10)49-52(41)32-17-15-31(7)16-18-32/h11-19,22,25,27-30,34,37-38H,20-21,23-24,26H2,1-10H3,(H2,45,46,53)/t34?,37-,38+/m0/s1. The molecule has 5 aromatic rings. The summed E-state index contributed by atoms with van der Waals surface area (Å²) in [4.78, 5) is 16.0. The molecule has 12 heteroatoms. The average Bonchev–Trinajstić information content (AvgIpc) is 3.90. The van der Waals surface area contributed by atoms with E-state index < -0.39 is 8.32 Å². The number of carbonyl (C=O) groups excluding carboxylic acids is 1. The van der Waals surface area contributed by atoms with Crippen molar-refractivity contribution in [3.8, 4) is 11.4 Å². The monoisotopic (exact) mass is 776 g/mol. The van der Waals surface area contributed by atoms with Gasteiger partial charge in [0.25, 0.3) is 0 Å². The SMILES string of the molecule is Cc1ccc(-n2nc(C(C)(C)C)cc2NC(=O)N[C@H]2CC[C@@H](Oc3ccc4nnc(N5CCC(O[Si](C(C)C)(C(C)C)C(C)C)C5)n4c3)c3ccccc32)cc1. The molecule has 3 aromatic heterocycles. The van der Waals surface area contributed by atoms with E-state index >= 15 is 0 Å². The number of nitrogens with one attached hydrogen (secondary N) is 2. The molecule has 0 bridgehead atoms. The summed E-state index contributed by atoms with van der Waals surface area (Å²) >= 11 is 0. The van der Waals surface area contributed by atoms with Crippen molar-refractivity contribution in [2.24, 2.45) is 0 Å². The predicted molar refractivity (Wildman–Crippen MR) is 227 cm³/mol. The van der Waals surface area contributed by atoms with Crippen LogP contribution in [0.15, 0.2) is 72.9 Å². The minimum absolute atomic E-state index is 0.173. The smallest absolute Gasteiger partial charge is 0.320 e. The van der Waals surface area contributed by atoms with Crippen LogP contribution in [0.2, 0.25) is 16.6 Å². The van der Waals surface area contributed by atoms with Crippen molar-refractivity contribution >= 4 is 31.8 Å². The fraction of sp³-hybridized carbons (Fsp3) is 0.500. The zero-order valence-corrected chi connectivity index (χ0v) is 35.8. The molecule has 2 amide bonds. The summed E-state index contributed by atoms with van der Waals surface area (Å²) in [6.07, 6.45) is 4.46. The lowest BCUT2D eigenvalue weighted by Gasteiger charge is -2.44. The van der Waals surface area contributed by atoms with E-state index in [-0.39, 0.29) is 29.7 Å². The molecule has 11 nitrogen and oxygen atoms in total. The quantitative estimate of drug-likeness (QED) is 0.129. The highest BCUT2D eigenvalue weighted by Crippen LogP contribution is 2.44. The van der Waals surface area contributed by atoms with Gasteiger partial charge in [-0.3, -0.25) is 9.72 Å². The number of urea groups is 1. The Morgan fingerprint density at radius 1 is 0.875 bits per heavy atom. The van der Waals surface area contributed by atoms with Gasteiger partial charge in [-0.15, -0.1) is 10.2 Å². The molecule has 1 aliphatic carbocycles. The molecular formula is C44H60N8O3Si. The van der Waals surface area contributed by atoms with Crippen LogP contribution in [0.25, 0.3) is 11.3 Å². The maximum atomic E-state index is 13.7. The fourth-order valence-corrected chi connectivity index (χ4v) is 14.7. The molecule has 3 atom stereocenters. The van der Waals surface area contributed by atoms with E-state index in [1.54, 1.807) is 0 Å². The van der Waals surface area contributed by atoms with Gasteiger partial charge >= 0.3 is 6.03 Å². The molecule has 0 saturated carbocycles. The molecule has 4 heterocycles. The third-order valence-corrected chi connectivity index (χ3v) is 18.0. The van der Waals surface area contributed by atoms with Crippen molar-refractivity contribution in [2.45, 2.75) is 129 Å². The van der Waals surface area contributed by atoms with E-state index in [4.69, 9.17) is 14.3 Å². The number of benzene rings is 2. The molecule has 2 aromatic carbocycles. The third-order valence-electron chi connectivity index (χ3n) is 11.9. The molecule has 298 valence electrons. The van der Waals surface area contributed by atoms with Crippen molar-refractivity contribution in [1.82, 2.24) is 29.7 Å². The van der Waals surface area contributed by atoms with E-state index in [0.717, 1.165) is 77.8 Å². The maximum absolute atomic E-state index is 13.7. The third kappa shape index (κ3) is 7.82. The van der Waals surface area contributed by atoms with Gasteiger partial charge in [0.05, 0.1) is 29.7 Å². The lowest BCUT2D eigenvalue weighted by Crippen LogP contribution is -2.50. The molecule has 1 aliphatic heterocycles. The lowest BCUT2D eigenvalue weighted by molar-refractivity contribution is 0.171. The van der Waals surface area contributed by atoms with Gasteiger partial charge in [-0.1, -0.05) is 104 Å². The second-order valence-electron chi connectivity index (χ2n) is 17.8. The minimum atomic E-state index is -2.00. The lowest BCUT2D eigenvalue weighted by atomic mass is 9.85. The van der Waals surface area contributed by atoms with Gasteiger partial charge < -0.3 is 19.4 Å².